The largest absolute Gasteiger partial charge is 0.418 e. The monoisotopic (exact) mass is 1330 g/mol. The minimum atomic E-state index is -2.29. The molecule has 25 nitrogen and oxygen atoms in total. The van der Waals surface area contributed by atoms with E-state index in [0.29, 0.717) is 77.0 Å². The van der Waals surface area contributed by atoms with E-state index in [4.69, 9.17) is 92.7 Å². The molecule has 5 unspecified atom stereocenters. The summed E-state index contributed by atoms with van der Waals surface area (Å²) in [6.45, 7) is 23.0. The summed E-state index contributed by atoms with van der Waals surface area (Å²) in [5, 5.41) is 65.2. The van der Waals surface area contributed by atoms with Gasteiger partial charge in [-0.3, -0.25) is 0 Å². The lowest BCUT2D eigenvalue weighted by Crippen LogP contribution is -2.45. The van der Waals surface area contributed by atoms with Gasteiger partial charge in [0.1, 0.15) is 18.3 Å². The van der Waals surface area contributed by atoms with Crippen molar-refractivity contribution in [1.82, 2.24) is 0 Å². The van der Waals surface area contributed by atoms with E-state index in [1.807, 2.05) is 53.1 Å². The van der Waals surface area contributed by atoms with Crippen LogP contribution in [0.1, 0.15) is 97.8 Å². The third-order valence-electron chi connectivity index (χ3n) is 12.7. The molecule has 7 N–H and O–H groups in total. The molecule has 30 heteroatoms. The predicted octanol–water partition coefficient (Wildman–Crippen LogP) is 4.37. The lowest BCUT2D eigenvalue weighted by Gasteiger charge is -2.26. The summed E-state index contributed by atoms with van der Waals surface area (Å²) in [6, 6.07) is 0. The van der Waals surface area contributed by atoms with Gasteiger partial charge in [0.2, 0.25) is 8.32 Å². The van der Waals surface area contributed by atoms with E-state index in [9.17, 15) is 25.5 Å². The number of rotatable bonds is 58. The average Bonchev–Trinajstić information content (AvgIpc) is 3.51. The highest BCUT2D eigenvalue weighted by atomic mass is 28.4. The first-order valence-corrected chi connectivity index (χ1v) is 43.6. The highest BCUT2D eigenvalue weighted by Gasteiger charge is 2.33. The maximum absolute atomic E-state index is 9.95. The second-order valence-corrected chi connectivity index (χ2v) is 38.9. The first kappa shape index (κ1) is 91.5. The van der Waals surface area contributed by atoms with Crippen molar-refractivity contribution in [2.75, 3.05) is 193 Å². The average molecular weight is 1330 g/mol. The first-order chi connectivity index (χ1) is 40.4. The van der Waals surface area contributed by atoms with E-state index in [1.54, 1.807) is 49.8 Å². The summed E-state index contributed by atoms with van der Waals surface area (Å²) >= 11 is 0. The van der Waals surface area contributed by atoms with Gasteiger partial charge in [-0.05, 0) is 72.4 Å². The zero-order chi connectivity index (χ0) is 65.2. The minimum Gasteiger partial charge on any atom is -0.418 e. The Morgan fingerprint density at radius 1 is 0.294 bits per heavy atom. The highest BCUT2D eigenvalue weighted by Crippen LogP contribution is 2.13. The van der Waals surface area contributed by atoms with Gasteiger partial charge < -0.3 is 118 Å². The minimum absolute atomic E-state index is 0.0339. The Kier molecular flexibility index (Phi) is 66.3. The molecule has 518 valence electrons. The maximum atomic E-state index is 9.95. The summed E-state index contributed by atoms with van der Waals surface area (Å²) in [4.78, 5) is 0. The van der Waals surface area contributed by atoms with Crippen molar-refractivity contribution in [1.29, 1.82) is 0 Å². The molecule has 0 bridgehead atoms. The third-order valence-corrected chi connectivity index (χ3v) is 24.6. The van der Waals surface area contributed by atoms with Crippen LogP contribution in [0.25, 0.3) is 0 Å². The number of aliphatic hydroxyl groups is 7. The number of ether oxygens (including phenoxy) is 9. The fourth-order valence-corrected chi connectivity index (χ4v) is 12.0. The van der Waals surface area contributed by atoms with Crippen molar-refractivity contribution in [2.45, 2.75) is 168 Å². The fourth-order valence-electron chi connectivity index (χ4n) is 6.67. The maximum Gasteiger partial charge on any atom is 0.361 e. The van der Waals surface area contributed by atoms with Crippen molar-refractivity contribution >= 4 is 42.6 Å². The van der Waals surface area contributed by atoms with Gasteiger partial charge in [-0.2, -0.15) is 0 Å². The van der Waals surface area contributed by atoms with E-state index < -0.39 is 73.1 Å². The van der Waals surface area contributed by atoms with Gasteiger partial charge in [0.15, 0.2) is 0 Å². The van der Waals surface area contributed by atoms with Crippen LogP contribution in [0.4, 0.5) is 0 Å². The molecule has 0 fully saturated rings. The molecule has 0 heterocycles. The van der Waals surface area contributed by atoms with Crippen molar-refractivity contribution in [3.63, 3.8) is 0 Å². The molecule has 5 atom stereocenters. The summed E-state index contributed by atoms with van der Waals surface area (Å²) in [5.41, 5.74) is 0. The number of hydrogen-bond acceptors (Lipinski definition) is 25. The Morgan fingerprint density at radius 2 is 0.612 bits per heavy atom. The van der Waals surface area contributed by atoms with Crippen molar-refractivity contribution in [3.8, 4) is 0 Å². The molecule has 0 aromatic carbocycles. The van der Waals surface area contributed by atoms with Crippen LogP contribution >= 0.6 is 0 Å². The SMILES string of the molecule is CCCCCCCCCCCCOCCOCC(O)COC[Si](C)(OCC)OCC.CO[Si](C)(C)COCC(O)COCCC(O)COC[Si](C)(OC)OC.CO[Si](C)(COCC(O)CCO)OC.CO[Si](C)(COCC(O)COCCO)OC. The molecule has 0 aliphatic rings. The van der Waals surface area contributed by atoms with Gasteiger partial charge in [-0.15, -0.1) is 0 Å². The summed E-state index contributed by atoms with van der Waals surface area (Å²) < 4.78 is 96.6. The summed E-state index contributed by atoms with van der Waals surface area (Å²) in [6.07, 6.45) is 12.8. The Bertz CT molecular complexity index is 1350. The molecule has 0 radical (unpaired) electrons. The van der Waals surface area contributed by atoms with Gasteiger partial charge in [0.25, 0.3) is 0 Å². The van der Waals surface area contributed by atoms with Gasteiger partial charge in [0, 0.05) is 82.8 Å². The summed E-state index contributed by atoms with van der Waals surface area (Å²) in [7, 11) is 0.491. The van der Waals surface area contributed by atoms with Crippen LogP contribution in [0, 0.1) is 0 Å². The van der Waals surface area contributed by atoms with Crippen LogP contribution in [-0.4, -0.2) is 302 Å². The zero-order valence-electron chi connectivity index (χ0n) is 55.9. The highest BCUT2D eigenvalue weighted by molar-refractivity contribution is 6.71. The lowest BCUT2D eigenvalue weighted by atomic mass is 10.1. The van der Waals surface area contributed by atoms with Crippen LogP contribution in [0.5, 0.6) is 0 Å². The van der Waals surface area contributed by atoms with Crippen LogP contribution in [0.2, 0.25) is 39.3 Å². The molecule has 0 aliphatic carbocycles. The molecule has 0 saturated heterocycles. The van der Waals surface area contributed by atoms with Gasteiger partial charge in [-0.25, -0.2) is 0 Å². The van der Waals surface area contributed by atoms with Gasteiger partial charge in [-0.1, -0.05) is 64.7 Å². The van der Waals surface area contributed by atoms with E-state index >= 15 is 0 Å². The van der Waals surface area contributed by atoms with Crippen LogP contribution in [0.15, 0.2) is 0 Å². The molecule has 0 saturated carbocycles. The smallest absolute Gasteiger partial charge is 0.361 e. The van der Waals surface area contributed by atoms with E-state index in [-0.39, 0.29) is 72.7 Å². The molecule has 0 aromatic rings. The predicted molar refractivity (Wildman–Crippen MR) is 339 cm³/mol. The Labute approximate surface area is 519 Å². The zero-order valence-corrected chi connectivity index (χ0v) is 60.9. The third kappa shape index (κ3) is 61.4. The Morgan fingerprint density at radius 3 is 0.976 bits per heavy atom. The first-order valence-electron chi connectivity index (χ1n) is 30.4. The fraction of sp³-hybridized carbons (Fsp3) is 1.00. The lowest BCUT2D eigenvalue weighted by molar-refractivity contribution is -0.0300. The topological polar surface area (TPSA) is 308 Å². The number of unbranched alkanes of at least 4 members (excludes halogenated alkanes) is 9. The number of aliphatic hydroxyl groups excluding tert-OH is 7. The molecular weight excluding hydrogens is 1200 g/mol. The normalized spacial score (nSPS) is 14.2. The molecular formula is C55H128O25Si5. The molecule has 0 rings (SSSR count). The van der Waals surface area contributed by atoms with Crippen molar-refractivity contribution in [3.05, 3.63) is 0 Å². The standard InChI is InChI=1S/C23H50O6Si.C15H36O8Si2.C9H22O6Si.C8H20O5Si/c1-5-8-9-10-11-12-13-14-15-16-17-25-18-19-26-20-23(24)21-27-22-30(4,28-6-2)29-7-3;1-18-24(4,5)12-22-11-15(17)10-21-8-7-14(16)9-23-13-25(6,19-2)20-3;1-12-16(3,13-2)8-15-7-9(11)6-14-5-4-10;1-11-14(3,12-2)7-13-6-8(10)4-5-9/h23-24H,5-22H2,1-4H3;14-17H,7-13H2,1-6H3;9-11H,4-8H2,1-3H3;8-10H,4-7H2,1-3H3. The van der Waals surface area contributed by atoms with Crippen LogP contribution in [-0.2, 0) is 82.5 Å². The van der Waals surface area contributed by atoms with E-state index in [0.717, 1.165) is 13.0 Å². The second kappa shape index (κ2) is 61.6. The quantitative estimate of drug-likeness (QED) is 0.0328. The van der Waals surface area contributed by atoms with Crippen molar-refractivity contribution < 1.29 is 118 Å². The van der Waals surface area contributed by atoms with Crippen molar-refractivity contribution in [2.24, 2.45) is 0 Å². The Balaban J connectivity index is -0.000000538. The molecule has 0 spiro atoms. The molecule has 0 aliphatic heterocycles. The molecule has 0 amide bonds. The van der Waals surface area contributed by atoms with E-state index in [1.165, 1.54) is 57.8 Å². The van der Waals surface area contributed by atoms with Gasteiger partial charge in [0.05, 0.1) is 123 Å². The number of hydrogen-bond donors (Lipinski definition) is 7. The Hall–Kier alpha value is 0.0844. The molecule has 0 aromatic heterocycles. The second-order valence-electron chi connectivity index (χ2n) is 21.5. The van der Waals surface area contributed by atoms with Crippen LogP contribution in [0.3, 0.4) is 0 Å². The van der Waals surface area contributed by atoms with Crippen LogP contribution < -0.4 is 0 Å². The van der Waals surface area contributed by atoms with Gasteiger partial charge >= 0.3 is 34.2 Å². The molecule has 85 heavy (non-hydrogen) atoms. The summed E-state index contributed by atoms with van der Waals surface area (Å²) in [5.74, 6) is 0. The van der Waals surface area contributed by atoms with E-state index in [2.05, 4.69) is 6.92 Å².